The number of benzene rings is 1. The predicted molar refractivity (Wildman–Crippen MR) is 83.3 cm³/mol. The predicted octanol–water partition coefficient (Wildman–Crippen LogP) is 4.06. The molecule has 2 aromatic rings. The van der Waals surface area contributed by atoms with Gasteiger partial charge in [-0.3, -0.25) is 4.79 Å². The van der Waals surface area contributed by atoms with Crippen molar-refractivity contribution >= 4 is 27.5 Å². The molecule has 1 N–H and O–H groups in total. The average molecular weight is 355 g/mol. The molecule has 0 aliphatic rings. The van der Waals surface area contributed by atoms with Crippen LogP contribution in [-0.2, 0) is 6.54 Å². The van der Waals surface area contributed by atoms with Gasteiger partial charge >= 0.3 is 0 Å². The van der Waals surface area contributed by atoms with E-state index in [0.29, 0.717) is 11.4 Å². The number of carbonyl (C=O) groups is 1. The second-order valence-corrected chi connectivity index (χ2v) is 5.46. The third kappa shape index (κ3) is 3.64. The summed E-state index contributed by atoms with van der Waals surface area (Å²) in [5, 5.41) is 2.75. The van der Waals surface area contributed by atoms with Gasteiger partial charge in [-0.1, -0.05) is 6.92 Å². The molecule has 4 nitrogen and oxygen atoms in total. The molecule has 0 saturated carbocycles. The van der Waals surface area contributed by atoms with Gasteiger partial charge in [-0.15, -0.1) is 0 Å². The number of nitrogens with zero attached hydrogens (tertiary/aromatic N) is 1. The Morgan fingerprint density at radius 3 is 2.86 bits per heavy atom. The second kappa shape index (κ2) is 6.76. The molecule has 0 saturated heterocycles. The van der Waals surface area contributed by atoms with Crippen molar-refractivity contribution in [1.29, 1.82) is 0 Å². The molecule has 1 heterocycles. The minimum Gasteiger partial charge on any atom is -0.494 e. The summed E-state index contributed by atoms with van der Waals surface area (Å²) in [6.07, 6.45) is 2.79. The van der Waals surface area contributed by atoms with Crippen molar-refractivity contribution in [2.75, 3.05) is 12.4 Å². The summed E-state index contributed by atoms with van der Waals surface area (Å²) in [5.41, 5.74) is 1.03. The van der Waals surface area contributed by atoms with E-state index in [1.54, 1.807) is 6.07 Å². The van der Waals surface area contributed by atoms with E-state index in [1.807, 2.05) is 17.7 Å². The number of aromatic nitrogens is 1. The molecule has 1 aromatic carbocycles. The van der Waals surface area contributed by atoms with Gasteiger partial charge in [-0.25, -0.2) is 4.39 Å². The first-order valence-electron chi connectivity index (χ1n) is 6.55. The lowest BCUT2D eigenvalue weighted by atomic mass is 10.2. The van der Waals surface area contributed by atoms with Crippen molar-refractivity contribution in [3.63, 3.8) is 0 Å². The van der Waals surface area contributed by atoms with Crippen molar-refractivity contribution in [3.8, 4) is 5.75 Å². The topological polar surface area (TPSA) is 43.3 Å². The smallest absolute Gasteiger partial charge is 0.272 e. The molecule has 112 valence electrons. The van der Waals surface area contributed by atoms with Crippen LogP contribution in [0.15, 0.2) is 34.9 Å². The molecule has 6 heteroatoms. The van der Waals surface area contributed by atoms with Crippen LogP contribution in [0, 0.1) is 5.82 Å². The van der Waals surface area contributed by atoms with E-state index in [4.69, 9.17) is 4.74 Å². The first-order valence-corrected chi connectivity index (χ1v) is 7.35. The minimum atomic E-state index is -0.465. The number of nitrogens with one attached hydrogen (secondary N) is 1. The van der Waals surface area contributed by atoms with E-state index in [1.165, 1.54) is 25.3 Å². The molecule has 0 aliphatic carbocycles. The van der Waals surface area contributed by atoms with Crippen LogP contribution >= 0.6 is 15.9 Å². The molecule has 0 radical (unpaired) electrons. The van der Waals surface area contributed by atoms with Crippen LogP contribution < -0.4 is 10.1 Å². The maximum Gasteiger partial charge on any atom is 0.272 e. The monoisotopic (exact) mass is 354 g/mol. The Morgan fingerprint density at radius 1 is 1.43 bits per heavy atom. The average Bonchev–Trinajstić information content (AvgIpc) is 2.82. The molecule has 2 rings (SSSR count). The number of amides is 1. The van der Waals surface area contributed by atoms with Gasteiger partial charge in [0.25, 0.3) is 5.91 Å². The number of aryl methyl sites for hydroxylation is 1. The fraction of sp³-hybridized carbons (Fsp3) is 0.267. The zero-order valence-corrected chi connectivity index (χ0v) is 13.4. The molecule has 0 bridgehead atoms. The van der Waals surface area contributed by atoms with Crippen LogP contribution in [0.2, 0.25) is 0 Å². The maximum atomic E-state index is 13.4. The highest BCUT2D eigenvalue weighted by molar-refractivity contribution is 9.10. The summed E-state index contributed by atoms with van der Waals surface area (Å²) in [6, 6.07) is 5.97. The second-order valence-electron chi connectivity index (χ2n) is 4.54. The Hall–Kier alpha value is -1.82. The summed E-state index contributed by atoms with van der Waals surface area (Å²) >= 11 is 3.37. The van der Waals surface area contributed by atoms with Crippen LogP contribution in [0.5, 0.6) is 5.75 Å². The zero-order valence-electron chi connectivity index (χ0n) is 11.8. The third-order valence-corrected chi connectivity index (χ3v) is 3.40. The lowest BCUT2D eigenvalue weighted by molar-refractivity contribution is 0.101. The van der Waals surface area contributed by atoms with Gasteiger partial charge in [-0.05, 0) is 40.5 Å². The lowest BCUT2D eigenvalue weighted by Crippen LogP contribution is -2.16. The van der Waals surface area contributed by atoms with Crippen molar-refractivity contribution in [2.24, 2.45) is 0 Å². The molecule has 1 aromatic heterocycles. The quantitative estimate of drug-likeness (QED) is 0.879. The minimum absolute atomic E-state index is 0.0953. The Bertz CT molecular complexity index is 655. The van der Waals surface area contributed by atoms with E-state index in [0.717, 1.165) is 17.4 Å². The number of anilines is 1. The molecule has 0 fully saturated rings. The van der Waals surface area contributed by atoms with Crippen molar-refractivity contribution in [2.45, 2.75) is 19.9 Å². The Labute approximate surface area is 131 Å². The number of methoxy groups -OCH3 is 1. The van der Waals surface area contributed by atoms with Crippen molar-refractivity contribution < 1.29 is 13.9 Å². The van der Waals surface area contributed by atoms with Gasteiger partial charge in [0.2, 0.25) is 0 Å². The summed E-state index contributed by atoms with van der Waals surface area (Å²) in [5.74, 6) is -0.617. The molecule has 0 unspecified atom stereocenters. The summed E-state index contributed by atoms with van der Waals surface area (Å²) in [6.45, 7) is 2.79. The van der Waals surface area contributed by atoms with Gasteiger partial charge in [0.15, 0.2) is 11.6 Å². The Morgan fingerprint density at radius 2 is 2.19 bits per heavy atom. The van der Waals surface area contributed by atoms with Gasteiger partial charge in [-0.2, -0.15) is 0 Å². The summed E-state index contributed by atoms with van der Waals surface area (Å²) in [7, 11) is 1.38. The summed E-state index contributed by atoms with van der Waals surface area (Å²) in [4.78, 5) is 12.3. The number of hydrogen-bond donors (Lipinski definition) is 1. The molecule has 21 heavy (non-hydrogen) atoms. The largest absolute Gasteiger partial charge is 0.494 e. The maximum absolute atomic E-state index is 13.4. The SMILES string of the molecule is CCCn1cc(Br)cc1C(=O)Nc1ccc(F)c(OC)c1. The fourth-order valence-corrected chi connectivity index (χ4v) is 2.49. The van der Waals surface area contributed by atoms with Crippen LogP contribution in [0.25, 0.3) is 0 Å². The molecular formula is C15H16BrFN2O2. The number of hydrogen-bond acceptors (Lipinski definition) is 2. The van der Waals surface area contributed by atoms with E-state index in [2.05, 4.69) is 21.2 Å². The van der Waals surface area contributed by atoms with E-state index >= 15 is 0 Å². The van der Waals surface area contributed by atoms with Gasteiger partial charge in [0, 0.05) is 29.0 Å². The third-order valence-electron chi connectivity index (χ3n) is 2.97. The summed E-state index contributed by atoms with van der Waals surface area (Å²) < 4.78 is 21.0. The van der Waals surface area contributed by atoms with Crippen LogP contribution in [-0.4, -0.2) is 17.6 Å². The molecule has 0 aliphatic heterocycles. The number of halogens is 2. The normalized spacial score (nSPS) is 10.5. The highest BCUT2D eigenvalue weighted by atomic mass is 79.9. The Balaban J connectivity index is 2.21. The molecular weight excluding hydrogens is 339 g/mol. The van der Waals surface area contributed by atoms with Gasteiger partial charge in [0.05, 0.1) is 7.11 Å². The van der Waals surface area contributed by atoms with Gasteiger partial charge < -0.3 is 14.6 Å². The number of ether oxygens (including phenoxy) is 1. The molecule has 0 spiro atoms. The highest BCUT2D eigenvalue weighted by Crippen LogP contribution is 2.23. The van der Waals surface area contributed by atoms with E-state index in [-0.39, 0.29) is 11.7 Å². The van der Waals surface area contributed by atoms with Crippen molar-refractivity contribution in [3.05, 3.63) is 46.4 Å². The van der Waals surface area contributed by atoms with Crippen LogP contribution in [0.1, 0.15) is 23.8 Å². The zero-order chi connectivity index (χ0) is 15.4. The Kier molecular flexibility index (Phi) is 5.01. The fourth-order valence-electron chi connectivity index (χ4n) is 2.02. The lowest BCUT2D eigenvalue weighted by Gasteiger charge is -2.10. The number of carbonyl (C=O) groups excluding carboxylic acids is 1. The van der Waals surface area contributed by atoms with Crippen LogP contribution in [0.3, 0.4) is 0 Å². The first-order chi connectivity index (χ1) is 10.0. The van der Waals surface area contributed by atoms with Gasteiger partial charge in [0.1, 0.15) is 5.69 Å². The molecule has 0 atom stereocenters. The molecule has 1 amide bonds. The number of rotatable bonds is 5. The first kappa shape index (κ1) is 15.6. The standard InChI is InChI=1S/C15H16BrFN2O2/c1-3-6-19-9-10(16)7-13(19)15(20)18-11-4-5-12(17)14(8-11)21-2/h4-5,7-9H,3,6H2,1-2H3,(H,18,20). The van der Waals surface area contributed by atoms with E-state index < -0.39 is 5.82 Å². The van der Waals surface area contributed by atoms with Crippen LogP contribution in [0.4, 0.5) is 10.1 Å². The van der Waals surface area contributed by atoms with E-state index in [9.17, 15) is 9.18 Å². The van der Waals surface area contributed by atoms with Crippen molar-refractivity contribution in [1.82, 2.24) is 4.57 Å². The highest BCUT2D eigenvalue weighted by Gasteiger charge is 2.14.